The van der Waals surface area contributed by atoms with Crippen LogP contribution in [0.3, 0.4) is 0 Å². The molecule has 0 amide bonds. The van der Waals surface area contributed by atoms with Crippen LogP contribution in [0.15, 0.2) is 36.5 Å². The fourth-order valence-electron chi connectivity index (χ4n) is 1.84. The topological polar surface area (TPSA) is 69.4 Å². The van der Waals surface area contributed by atoms with Gasteiger partial charge in [-0.05, 0) is 37.3 Å². The zero-order valence-electron chi connectivity index (χ0n) is 11.7. The van der Waals surface area contributed by atoms with Crippen LogP contribution in [0, 0.1) is 0 Å². The molecule has 0 bridgehead atoms. The molecule has 0 aliphatic heterocycles. The van der Waals surface area contributed by atoms with Gasteiger partial charge in [0, 0.05) is 17.8 Å². The standard InChI is InChI=1S/C15H19N3O2/c1-3-20-14-6-4-12(8-11(14)9-16)18-15-7-5-13(19-2)10-17-15/h4-8,10H,3,9,16H2,1-2H3,(H,17,18). The lowest BCUT2D eigenvalue weighted by molar-refractivity contribution is 0.336. The third kappa shape index (κ3) is 3.39. The molecule has 0 saturated carbocycles. The Bertz CT molecular complexity index is 556. The van der Waals surface area contributed by atoms with Gasteiger partial charge in [0.25, 0.3) is 0 Å². The van der Waals surface area contributed by atoms with Crippen molar-refractivity contribution in [2.45, 2.75) is 13.5 Å². The molecule has 2 rings (SSSR count). The minimum atomic E-state index is 0.431. The summed E-state index contributed by atoms with van der Waals surface area (Å²) in [6, 6.07) is 9.54. The number of aromatic nitrogens is 1. The van der Waals surface area contributed by atoms with Crippen molar-refractivity contribution in [3.63, 3.8) is 0 Å². The summed E-state index contributed by atoms with van der Waals surface area (Å²) in [7, 11) is 1.62. The van der Waals surface area contributed by atoms with Crippen LogP contribution in [0.1, 0.15) is 12.5 Å². The minimum absolute atomic E-state index is 0.431. The number of methoxy groups -OCH3 is 1. The molecule has 0 saturated heterocycles. The van der Waals surface area contributed by atoms with Gasteiger partial charge in [-0.25, -0.2) is 4.98 Å². The van der Waals surface area contributed by atoms with E-state index in [-0.39, 0.29) is 0 Å². The maximum absolute atomic E-state index is 5.74. The first-order chi connectivity index (χ1) is 9.76. The minimum Gasteiger partial charge on any atom is -0.495 e. The number of nitrogens with zero attached hydrogens (tertiary/aromatic N) is 1. The van der Waals surface area contributed by atoms with Crippen molar-refractivity contribution in [2.75, 3.05) is 19.0 Å². The Kier molecular flexibility index (Phi) is 4.79. The van der Waals surface area contributed by atoms with E-state index < -0.39 is 0 Å². The SMILES string of the molecule is CCOc1ccc(Nc2ccc(OC)cn2)cc1CN. The molecule has 0 spiro atoms. The van der Waals surface area contributed by atoms with E-state index >= 15 is 0 Å². The van der Waals surface area contributed by atoms with Crippen LogP contribution in [-0.4, -0.2) is 18.7 Å². The Morgan fingerprint density at radius 1 is 1.25 bits per heavy atom. The Labute approximate surface area is 118 Å². The summed E-state index contributed by atoms with van der Waals surface area (Å²) in [4.78, 5) is 4.26. The molecule has 2 aromatic rings. The van der Waals surface area contributed by atoms with E-state index in [1.807, 2.05) is 37.3 Å². The summed E-state index contributed by atoms with van der Waals surface area (Å²) >= 11 is 0. The van der Waals surface area contributed by atoms with Gasteiger partial charge in [0.15, 0.2) is 0 Å². The average molecular weight is 273 g/mol. The van der Waals surface area contributed by atoms with Crippen molar-refractivity contribution >= 4 is 11.5 Å². The van der Waals surface area contributed by atoms with Crippen molar-refractivity contribution in [3.05, 3.63) is 42.1 Å². The molecular formula is C15H19N3O2. The Hall–Kier alpha value is -2.27. The Morgan fingerprint density at radius 2 is 2.10 bits per heavy atom. The molecule has 0 atom stereocenters. The van der Waals surface area contributed by atoms with E-state index in [2.05, 4.69) is 10.3 Å². The van der Waals surface area contributed by atoms with Crippen LogP contribution in [0.5, 0.6) is 11.5 Å². The summed E-state index contributed by atoms with van der Waals surface area (Å²) in [5, 5.41) is 3.22. The molecule has 0 fully saturated rings. The number of ether oxygens (including phenoxy) is 2. The second kappa shape index (κ2) is 6.77. The van der Waals surface area contributed by atoms with E-state index in [1.165, 1.54) is 0 Å². The van der Waals surface area contributed by atoms with E-state index in [0.29, 0.717) is 13.2 Å². The van der Waals surface area contributed by atoms with Crippen LogP contribution in [0.4, 0.5) is 11.5 Å². The molecule has 1 aromatic heterocycles. The molecule has 0 aliphatic carbocycles. The largest absolute Gasteiger partial charge is 0.495 e. The summed E-state index contributed by atoms with van der Waals surface area (Å²) < 4.78 is 10.6. The maximum Gasteiger partial charge on any atom is 0.137 e. The predicted molar refractivity (Wildman–Crippen MR) is 79.6 cm³/mol. The van der Waals surface area contributed by atoms with Crippen molar-refractivity contribution in [2.24, 2.45) is 5.73 Å². The number of hydrogen-bond donors (Lipinski definition) is 2. The van der Waals surface area contributed by atoms with Crippen molar-refractivity contribution in [1.29, 1.82) is 0 Å². The first kappa shape index (κ1) is 14.1. The van der Waals surface area contributed by atoms with Crippen molar-refractivity contribution in [1.82, 2.24) is 4.98 Å². The summed E-state index contributed by atoms with van der Waals surface area (Å²) in [5.41, 5.74) is 7.63. The second-order valence-corrected chi connectivity index (χ2v) is 4.17. The molecule has 5 heteroatoms. The highest BCUT2D eigenvalue weighted by Crippen LogP contribution is 2.24. The number of nitrogens with two attached hydrogens (primary N) is 1. The molecule has 106 valence electrons. The molecule has 5 nitrogen and oxygen atoms in total. The summed E-state index contributed by atoms with van der Waals surface area (Å²) in [6.07, 6.45) is 1.67. The zero-order valence-corrected chi connectivity index (χ0v) is 11.7. The number of pyridine rings is 1. The fourth-order valence-corrected chi connectivity index (χ4v) is 1.84. The molecule has 1 aromatic carbocycles. The highest BCUT2D eigenvalue weighted by molar-refractivity contribution is 5.59. The van der Waals surface area contributed by atoms with Gasteiger partial charge in [-0.1, -0.05) is 0 Å². The van der Waals surface area contributed by atoms with Crippen LogP contribution >= 0.6 is 0 Å². The first-order valence-electron chi connectivity index (χ1n) is 6.49. The van der Waals surface area contributed by atoms with Gasteiger partial charge in [0.2, 0.25) is 0 Å². The van der Waals surface area contributed by atoms with Gasteiger partial charge in [0.1, 0.15) is 17.3 Å². The van der Waals surface area contributed by atoms with Crippen molar-refractivity contribution < 1.29 is 9.47 Å². The Morgan fingerprint density at radius 3 is 2.70 bits per heavy atom. The maximum atomic E-state index is 5.74. The zero-order chi connectivity index (χ0) is 14.4. The van der Waals surface area contributed by atoms with Crippen LogP contribution in [-0.2, 0) is 6.54 Å². The van der Waals surface area contributed by atoms with Gasteiger partial charge in [-0.2, -0.15) is 0 Å². The number of anilines is 2. The van der Waals surface area contributed by atoms with E-state index in [9.17, 15) is 0 Å². The van der Waals surface area contributed by atoms with Crippen LogP contribution < -0.4 is 20.5 Å². The van der Waals surface area contributed by atoms with E-state index in [4.69, 9.17) is 15.2 Å². The molecule has 0 unspecified atom stereocenters. The molecule has 1 heterocycles. The average Bonchev–Trinajstić information content (AvgIpc) is 2.50. The van der Waals surface area contributed by atoms with Gasteiger partial charge < -0.3 is 20.5 Å². The van der Waals surface area contributed by atoms with Gasteiger partial charge >= 0.3 is 0 Å². The van der Waals surface area contributed by atoms with E-state index in [1.54, 1.807) is 13.3 Å². The molecule has 0 radical (unpaired) electrons. The van der Waals surface area contributed by atoms with E-state index in [0.717, 1.165) is 28.6 Å². The molecular weight excluding hydrogens is 254 g/mol. The third-order valence-corrected chi connectivity index (χ3v) is 2.82. The number of rotatable bonds is 6. The third-order valence-electron chi connectivity index (χ3n) is 2.82. The van der Waals surface area contributed by atoms with Crippen LogP contribution in [0.25, 0.3) is 0 Å². The van der Waals surface area contributed by atoms with Crippen LogP contribution in [0.2, 0.25) is 0 Å². The smallest absolute Gasteiger partial charge is 0.137 e. The normalized spacial score (nSPS) is 10.2. The first-order valence-corrected chi connectivity index (χ1v) is 6.49. The molecule has 0 aliphatic rings. The quantitative estimate of drug-likeness (QED) is 0.847. The predicted octanol–water partition coefficient (Wildman–Crippen LogP) is 2.69. The number of nitrogens with one attached hydrogen (secondary N) is 1. The van der Waals surface area contributed by atoms with Gasteiger partial charge in [-0.3, -0.25) is 0 Å². The lowest BCUT2D eigenvalue weighted by Crippen LogP contribution is -2.03. The molecule has 20 heavy (non-hydrogen) atoms. The summed E-state index contributed by atoms with van der Waals surface area (Å²) in [5.74, 6) is 2.30. The Balaban J connectivity index is 2.16. The van der Waals surface area contributed by atoms with Gasteiger partial charge in [-0.15, -0.1) is 0 Å². The number of benzene rings is 1. The lowest BCUT2D eigenvalue weighted by Gasteiger charge is -2.12. The lowest BCUT2D eigenvalue weighted by atomic mass is 10.1. The summed E-state index contributed by atoms with van der Waals surface area (Å²) in [6.45, 7) is 3.01. The monoisotopic (exact) mass is 273 g/mol. The van der Waals surface area contributed by atoms with Gasteiger partial charge in [0.05, 0.1) is 19.9 Å². The second-order valence-electron chi connectivity index (χ2n) is 4.17. The fraction of sp³-hybridized carbons (Fsp3) is 0.267. The van der Waals surface area contributed by atoms with Crippen molar-refractivity contribution in [3.8, 4) is 11.5 Å². The molecule has 3 N–H and O–H groups in total. The number of hydrogen-bond acceptors (Lipinski definition) is 5. The highest BCUT2D eigenvalue weighted by Gasteiger charge is 2.04. The highest BCUT2D eigenvalue weighted by atomic mass is 16.5.